The lowest BCUT2D eigenvalue weighted by atomic mass is 10.0. The van der Waals surface area contributed by atoms with Gasteiger partial charge in [0.1, 0.15) is 0 Å². The topological polar surface area (TPSA) is 72.8 Å². The number of nitrogens with zero attached hydrogens (tertiary/aromatic N) is 1. The van der Waals surface area contributed by atoms with E-state index in [0.717, 1.165) is 13.0 Å². The Labute approximate surface area is 148 Å². The fraction of sp³-hybridized carbons (Fsp3) is 0.632. The molecule has 0 aliphatic carbocycles. The van der Waals surface area contributed by atoms with Crippen LogP contribution in [0.1, 0.15) is 40.6 Å². The number of carbonyl (C=O) groups excluding carboxylic acids is 1. The third-order valence-electron chi connectivity index (χ3n) is 3.33. The van der Waals surface area contributed by atoms with Crippen molar-refractivity contribution in [3.05, 3.63) is 35.9 Å². The summed E-state index contributed by atoms with van der Waals surface area (Å²) >= 11 is 0. The SMILES string of the molecule is CCC.CCNC(CC(=O)N(CCO)CCO)Cc1ccccc1.[HH]. The molecule has 5 nitrogen and oxygen atoms in total. The molecule has 0 saturated carbocycles. The number of hydrogen-bond acceptors (Lipinski definition) is 4. The predicted molar refractivity (Wildman–Crippen MR) is 101 cm³/mol. The molecule has 5 heteroatoms. The van der Waals surface area contributed by atoms with E-state index in [-0.39, 0.29) is 39.7 Å². The van der Waals surface area contributed by atoms with Crippen LogP contribution in [0.2, 0.25) is 0 Å². The highest BCUT2D eigenvalue weighted by atomic mass is 16.3. The van der Waals surface area contributed by atoms with Gasteiger partial charge < -0.3 is 20.4 Å². The van der Waals surface area contributed by atoms with E-state index in [4.69, 9.17) is 10.2 Å². The standard InChI is InChI=1S/C16H26N2O3.C3H8.H2/c1-2-17-15(12-14-6-4-3-5-7-14)13-16(21)18(8-10-19)9-11-20;1-3-2;/h3-7,15,17,19-20H,2,8-13H2,1H3;3H2,1-2H3;1H. The van der Waals surface area contributed by atoms with Crippen LogP contribution in [0.3, 0.4) is 0 Å². The summed E-state index contributed by atoms with van der Waals surface area (Å²) in [7, 11) is 0. The van der Waals surface area contributed by atoms with Crippen LogP contribution in [0.25, 0.3) is 0 Å². The molecule has 24 heavy (non-hydrogen) atoms. The summed E-state index contributed by atoms with van der Waals surface area (Å²) in [6, 6.07) is 10.1. The van der Waals surface area contributed by atoms with E-state index in [0.29, 0.717) is 6.42 Å². The van der Waals surface area contributed by atoms with Gasteiger partial charge in [-0.3, -0.25) is 4.79 Å². The van der Waals surface area contributed by atoms with Gasteiger partial charge in [0.2, 0.25) is 5.91 Å². The molecule has 1 unspecified atom stereocenters. The molecule has 0 fully saturated rings. The predicted octanol–water partition coefficient (Wildman–Crippen LogP) is 2.07. The van der Waals surface area contributed by atoms with E-state index < -0.39 is 0 Å². The molecule has 0 aliphatic heterocycles. The van der Waals surface area contributed by atoms with Crippen LogP contribution in [0, 0.1) is 0 Å². The summed E-state index contributed by atoms with van der Waals surface area (Å²) in [5, 5.41) is 21.3. The molecule has 1 amide bonds. The van der Waals surface area contributed by atoms with Gasteiger partial charge in [-0.1, -0.05) is 57.5 Å². The number of aliphatic hydroxyl groups is 2. The minimum atomic E-state index is -0.0870. The van der Waals surface area contributed by atoms with Crippen molar-refractivity contribution in [1.29, 1.82) is 0 Å². The lowest BCUT2D eigenvalue weighted by Crippen LogP contribution is -2.41. The van der Waals surface area contributed by atoms with Crippen LogP contribution in [-0.2, 0) is 11.2 Å². The van der Waals surface area contributed by atoms with Crippen LogP contribution in [0.4, 0.5) is 0 Å². The van der Waals surface area contributed by atoms with Gasteiger partial charge in [-0.2, -0.15) is 0 Å². The van der Waals surface area contributed by atoms with Crippen LogP contribution in [-0.4, -0.2) is 59.9 Å². The molecular weight excluding hydrogens is 304 g/mol. The van der Waals surface area contributed by atoms with Crippen LogP contribution in [0.5, 0.6) is 0 Å². The highest BCUT2D eigenvalue weighted by Crippen LogP contribution is 2.08. The Morgan fingerprint density at radius 3 is 2.12 bits per heavy atom. The minimum Gasteiger partial charge on any atom is -0.395 e. The minimum absolute atomic E-state index is 0. The highest BCUT2D eigenvalue weighted by molar-refractivity contribution is 5.76. The Bertz CT molecular complexity index is 412. The molecule has 0 saturated heterocycles. The number of benzene rings is 1. The van der Waals surface area contributed by atoms with Crippen molar-refractivity contribution in [2.75, 3.05) is 32.8 Å². The first-order chi connectivity index (χ1) is 11.6. The Morgan fingerprint density at radius 1 is 1.12 bits per heavy atom. The maximum Gasteiger partial charge on any atom is 0.224 e. The van der Waals surface area contributed by atoms with Crippen molar-refractivity contribution in [1.82, 2.24) is 10.2 Å². The van der Waals surface area contributed by atoms with Gasteiger partial charge in [0.25, 0.3) is 0 Å². The summed E-state index contributed by atoms with van der Waals surface area (Å²) in [6.45, 7) is 7.42. The monoisotopic (exact) mass is 340 g/mol. The molecule has 0 heterocycles. The van der Waals surface area contributed by atoms with E-state index in [1.165, 1.54) is 16.9 Å². The van der Waals surface area contributed by atoms with Crippen molar-refractivity contribution in [3.63, 3.8) is 0 Å². The van der Waals surface area contributed by atoms with E-state index in [2.05, 4.69) is 19.2 Å². The number of rotatable bonds is 10. The molecule has 0 aromatic heterocycles. The lowest BCUT2D eigenvalue weighted by molar-refractivity contribution is -0.132. The number of likely N-dealkylation sites (N-methyl/N-ethyl adjacent to an activating group) is 1. The zero-order chi connectivity index (χ0) is 18.2. The second kappa shape index (κ2) is 15.1. The molecule has 140 valence electrons. The Hall–Kier alpha value is -1.43. The van der Waals surface area contributed by atoms with Gasteiger partial charge in [0.15, 0.2) is 0 Å². The van der Waals surface area contributed by atoms with Gasteiger partial charge in [0, 0.05) is 27.0 Å². The van der Waals surface area contributed by atoms with Crippen molar-refractivity contribution >= 4 is 5.91 Å². The van der Waals surface area contributed by atoms with Crippen LogP contribution < -0.4 is 5.32 Å². The van der Waals surface area contributed by atoms with Gasteiger partial charge in [-0.25, -0.2) is 0 Å². The molecule has 0 aliphatic rings. The van der Waals surface area contributed by atoms with E-state index in [1.54, 1.807) is 0 Å². The molecule has 1 aromatic carbocycles. The maximum absolute atomic E-state index is 12.3. The zero-order valence-corrected chi connectivity index (χ0v) is 15.4. The first-order valence-electron chi connectivity index (χ1n) is 8.89. The Kier molecular flexibility index (Phi) is 14.2. The average molecular weight is 341 g/mol. The molecule has 1 rings (SSSR count). The Balaban J connectivity index is 0. The lowest BCUT2D eigenvalue weighted by Gasteiger charge is -2.24. The molecule has 1 atom stereocenters. The van der Waals surface area contributed by atoms with Crippen molar-refractivity contribution < 1.29 is 16.4 Å². The molecular formula is C19H36N2O3. The third-order valence-corrected chi connectivity index (χ3v) is 3.33. The summed E-state index contributed by atoms with van der Waals surface area (Å²) < 4.78 is 0. The van der Waals surface area contributed by atoms with Gasteiger partial charge in [0.05, 0.1) is 13.2 Å². The maximum atomic E-state index is 12.3. The fourth-order valence-corrected chi connectivity index (χ4v) is 2.35. The number of hydrogen-bond donors (Lipinski definition) is 3. The van der Waals surface area contributed by atoms with Gasteiger partial charge in [-0.15, -0.1) is 0 Å². The number of aliphatic hydroxyl groups excluding tert-OH is 2. The normalized spacial score (nSPS) is 11.4. The van der Waals surface area contributed by atoms with E-state index >= 15 is 0 Å². The molecule has 0 bridgehead atoms. The average Bonchev–Trinajstić information content (AvgIpc) is 2.56. The zero-order valence-electron chi connectivity index (χ0n) is 15.4. The van der Waals surface area contributed by atoms with Crippen molar-refractivity contribution in [2.45, 2.75) is 46.1 Å². The highest BCUT2D eigenvalue weighted by Gasteiger charge is 2.18. The Morgan fingerprint density at radius 2 is 1.67 bits per heavy atom. The summed E-state index contributed by atoms with van der Waals surface area (Å²) in [4.78, 5) is 13.8. The summed E-state index contributed by atoms with van der Waals surface area (Å²) in [6.07, 6.45) is 2.40. The van der Waals surface area contributed by atoms with Crippen LogP contribution in [0.15, 0.2) is 30.3 Å². The second-order valence-corrected chi connectivity index (χ2v) is 5.68. The van der Waals surface area contributed by atoms with Crippen molar-refractivity contribution in [2.24, 2.45) is 0 Å². The molecule has 1 aromatic rings. The second-order valence-electron chi connectivity index (χ2n) is 5.68. The number of amides is 1. The fourth-order valence-electron chi connectivity index (χ4n) is 2.35. The van der Waals surface area contributed by atoms with E-state index in [1.807, 2.05) is 37.3 Å². The first-order valence-corrected chi connectivity index (χ1v) is 8.89. The van der Waals surface area contributed by atoms with Crippen LogP contribution >= 0.6 is 0 Å². The van der Waals surface area contributed by atoms with E-state index in [9.17, 15) is 4.79 Å². The first kappa shape index (κ1) is 22.6. The number of nitrogens with one attached hydrogen (secondary N) is 1. The van der Waals surface area contributed by atoms with Gasteiger partial charge in [-0.05, 0) is 18.5 Å². The molecule has 0 radical (unpaired) electrons. The smallest absolute Gasteiger partial charge is 0.224 e. The van der Waals surface area contributed by atoms with Gasteiger partial charge >= 0.3 is 0 Å². The largest absolute Gasteiger partial charge is 0.395 e. The molecule has 3 N–H and O–H groups in total. The summed E-state index contributed by atoms with van der Waals surface area (Å²) in [5.74, 6) is -0.0417. The molecule has 0 spiro atoms. The third kappa shape index (κ3) is 10.4. The van der Waals surface area contributed by atoms with Crippen molar-refractivity contribution in [3.8, 4) is 0 Å². The number of carbonyl (C=O) groups is 1. The quantitative estimate of drug-likeness (QED) is 0.610. The summed E-state index contributed by atoms with van der Waals surface area (Å²) in [5.41, 5.74) is 1.19.